The molecule has 4 nitrogen and oxygen atoms in total. The van der Waals surface area contributed by atoms with Gasteiger partial charge in [-0.2, -0.15) is 0 Å². The number of rotatable bonds is 6. The summed E-state index contributed by atoms with van der Waals surface area (Å²) < 4.78 is 0. The molecule has 0 unspecified atom stereocenters. The highest BCUT2D eigenvalue weighted by atomic mass is 15.2. The lowest BCUT2D eigenvalue weighted by Gasteiger charge is -2.17. The van der Waals surface area contributed by atoms with Crippen molar-refractivity contribution in [3.8, 4) is 0 Å². The second kappa shape index (κ2) is 6.85. The fourth-order valence-corrected chi connectivity index (χ4v) is 1.87. The normalized spacial score (nSPS) is 10.4. The summed E-state index contributed by atoms with van der Waals surface area (Å²) in [6.07, 6.45) is 4.67. The van der Waals surface area contributed by atoms with E-state index in [4.69, 9.17) is 0 Å². The topological polar surface area (TPSA) is 41.1 Å². The Labute approximate surface area is 114 Å². The van der Waals surface area contributed by atoms with Gasteiger partial charge in [0.15, 0.2) is 0 Å². The van der Waals surface area contributed by atoms with Crippen LogP contribution >= 0.6 is 0 Å². The maximum Gasteiger partial charge on any atom is 0.146 e. The van der Waals surface area contributed by atoms with Gasteiger partial charge < -0.3 is 10.2 Å². The number of hydrogen-bond acceptors (Lipinski definition) is 4. The van der Waals surface area contributed by atoms with Gasteiger partial charge in [-0.05, 0) is 19.0 Å². The van der Waals surface area contributed by atoms with Crippen molar-refractivity contribution in [3.05, 3.63) is 54.0 Å². The summed E-state index contributed by atoms with van der Waals surface area (Å²) in [5.74, 6) is 0.913. The first-order valence-corrected chi connectivity index (χ1v) is 6.50. The van der Waals surface area contributed by atoms with Crippen LogP contribution in [0.15, 0.2) is 42.7 Å². The Balaban J connectivity index is 1.90. The van der Waals surface area contributed by atoms with E-state index in [0.29, 0.717) is 0 Å². The van der Waals surface area contributed by atoms with Crippen molar-refractivity contribution in [2.24, 2.45) is 0 Å². The fourth-order valence-electron chi connectivity index (χ4n) is 1.87. The minimum absolute atomic E-state index is 0.751. The number of anilines is 1. The molecular formula is C15H20N4. The maximum absolute atomic E-state index is 4.43. The molecule has 0 fully saturated rings. The van der Waals surface area contributed by atoms with Gasteiger partial charge in [-0.3, -0.25) is 4.98 Å². The third-order valence-corrected chi connectivity index (χ3v) is 3.02. The molecule has 0 atom stereocenters. The van der Waals surface area contributed by atoms with E-state index in [0.717, 1.165) is 31.0 Å². The number of nitrogens with zero attached hydrogens (tertiary/aromatic N) is 3. The van der Waals surface area contributed by atoms with Crippen LogP contribution < -0.4 is 10.2 Å². The standard InChI is InChI=1S/C15H20N4/c1-16-10-14-11-18-15(12-17-14)19(2)9-8-13-6-4-3-5-7-13/h3-7,11-12,16H,8-10H2,1-2H3. The number of aromatic nitrogens is 2. The van der Waals surface area contributed by atoms with E-state index in [1.165, 1.54) is 5.56 Å². The van der Waals surface area contributed by atoms with Crippen molar-refractivity contribution in [2.45, 2.75) is 13.0 Å². The molecule has 2 rings (SSSR count). The Morgan fingerprint density at radius 3 is 2.53 bits per heavy atom. The molecule has 0 saturated carbocycles. The molecule has 0 radical (unpaired) electrons. The van der Waals surface area contributed by atoms with Gasteiger partial charge >= 0.3 is 0 Å². The minimum atomic E-state index is 0.751. The summed E-state index contributed by atoms with van der Waals surface area (Å²) in [7, 11) is 3.95. The molecule has 0 spiro atoms. The van der Waals surface area contributed by atoms with Crippen LogP contribution in [0, 0.1) is 0 Å². The Morgan fingerprint density at radius 2 is 1.89 bits per heavy atom. The molecule has 1 N–H and O–H groups in total. The van der Waals surface area contributed by atoms with E-state index in [1.807, 2.05) is 32.6 Å². The highest BCUT2D eigenvalue weighted by molar-refractivity contribution is 5.34. The summed E-state index contributed by atoms with van der Waals surface area (Å²) in [6.45, 7) is 1.69. The number of likely N-dealkylation sites (N-methyl/N-ethyl adjacent to an activating group) is 1. The summed E-state index contributed by atoms with van der Waals surface area (Å²) >= 11 is 0. The zero-order chi connectivity index (χ0) is 13.5. The molecule has 100 valence electrons. The Bertz CT molecular complexity index is 481. The van der Waals surface area contributed by atoms with Crippen LogP contribution in [0.1, 0.15) is 11.3 Å². The van der Waals surface area contributed by atoms with Gasteiger partial charge in [-0.15, -0.1) is 0 Å². The SMILES string of the molecule is CNCc1cnc(N(C)CCc2ccccc2)cn1. The zero-order valence-corrected chi connectivity index (χ0v) is 11.5. The Kier molecular flexibility index (Phi) is 4.86. The first-order chi connectivity index (χ1) is 9.29. The van der Waals surface area contributed by atoms with E-state index >= 15 is 0 Å². The molecule has 19 heavy (non-hydrogen) atoms. The van der Waals surface area contributed by atoms with E-state index in [-0.39, 0.29) is 0 Å². The molecule has 4 heteroatoms. The first-order valence-electron chi connectivity index (χ1n) is 6.50. The fraction of sp³-hybridized carbons (Fsp3) is 0.333. The first kappa shape index (κ1) is 13.5. The lowest BCUT2D eigenvalue weighted by atomic mass is 10.1. The predicted octanol–water partition coefficient (Wildman–Crippen LogP) is 1.87. The van der Waals surface area contributed by atoms with Gasteiger partial charge in [-0.1, -0.05) is 30.3 Å². The molecule has 0 aliphatic rings. The third kappa shape index (κ3) is 4.03. The van der Waals surface area contributed by atoms with Crippen LogP contribution in [0.4, 0.5) is 5.82 Å². The maximum atomic E-state index is 4.43. The summed E-state index contributed by atoms with van der Waals surface area (Å²) in [5.41, 5.74) is 2.30. The molecule has 0 aliphatic heterocycles. The van der Waals surface area contributed by atoms with Crippen LogP contribution in [-0.2, 0) is 13.0 Å². The summed E-state index contributed by atoms with van der Waals surface area (Å²) in [6, 6.07) is 10.5. The van der Waals surface area contributed by atoms with Gasteiger partial charge in [-0.25, -0.2) is 4.98 Å². The average Bonchev–Trinajstić information content (AvgIpc) is 2.47. The van der Waals surface area contributed by atoms with Crippen molar-refractivity contribution >= 4 is 5.82 Å². The van der Waals surface area contributed by atoms with Crippen LogP contribution in [0.2, 0.25) is 0 Å². The largest absolute Gasteiger partial charge is 0.358 e. The Morgan fingerprint density at radius 1 is 1.11 bits per heavy atom. The molecular weight excluding hydrogens is 236 g/mol. The number of benzene rings is 1. The molecule has 0 bridgehead atoms. The predicted molar refractivity (Wildman–Crippen MR) is 78.2 cm³/mol. The smallest absolute Gasteiger partial charge is 0.146 e. The van der Waals surface area contributed by atoms with Crippen molar-refractivity contribution < 1.29 is 0 Å². The van der Waals surface area contributed by atoms with Crippen molar-refractivity contribution in [1.82, 2.24) is 15.3 Å². The molecule has 2 aromatic rings. The zero-order valence-electron chi connectivity index (χ0n) is 11.5. The Hall–Kier alpha value is -1.94. The van der Waals surface area contributed by atoms with E-state index < -0.39 is 0 Å². The minimum Gasteiger partial charge on any atom is -0.358 e. The quantitative estimate of drug-likeness (QED) is 0.856. The van der Waals surface area contributed by atoms with Crippen LogP contribution in [0.5, 0.6) is 0 Å². The lowest BCUT2D eigenvalue weighted by Crippen LogP contribution is -2.22. The average molecular weight is 256 g/mol. The summed E-state index contributed by atoms with van der Waals surface area (Å²) in [5, 5.41) is 3.06. The highest BCUT2D eigenvalue weighted by Gasteiger charge is 2.03. The van der Waals surface area contributed by atoms with Gasteiger partial charge in [0, 0.05) is 20.1 Å². The molecule has 0 saturated heterocycles. The highest BCUT2D eigenvalue weighted by Crippen LogP contribution is 2.08. The van der Waals surface area contributed by atoms with Gasteiger partial charge in [0.25, 0.3) is 0 Å². The monoisotopic (exact) mass is 256 g/mol. The molecule has 1 aromatic heterocycles. The summed E-state index contributed by atoms with van der Waals surface area (Å²) in [4.78, 5) is 10.9. The van der Waals surface area contributed by atoms with Crippen LogP contribution in [0.25, 0.3) is 0 Å². The molecule has 1 heterocycles. The number of hydrogen-bond donors (Lipinski definition) is 1. The van der Waals surface area contributed by atoms with Crippen molar-refractivity contribution in [3.63, 3.8) is 0 Å². The van der Waals surface area contributed by atoms with Gasteiger partial charge in [0.1, 0.15) is 5.82 Å². The van der Waals surface area contributed by atoms with Crippen molar-refractivity contribution in [1.29, 1.82) is 0 Å². The second-order valence-electron chi connectivity index (χ2n) is 4.55. The van der Waals surface area contributed by atoms with Gasteiger partial charge in [0.2, 0.25) is 0 Å². The van der Waals surface area contributed by atoms with Crippen LogP contribution in [-0.4, -0.2) is 30.6 Å². The molecule has 1 aromatic carbocycles. The van der Waals surface area contributed by atoms with E-state index in [1.54, 1.807) is 0 Å². The van der Waals surface area contributed by atoms with Crippen LogP contribution in [0.3, 0.4) is 0 Å². The lowest BCUT2D eigenvalue weighted by molar-refractivity contribution is 0.778. The van der Waals surface area contributed by atoms with E-state index in [9.17, 15) is 0 Å². The second-order valence-corrected chi connectivity index (χ2v) is 4.55. The third-order valence-electron chi connectivity index (χ3n) is 3.02. The van der Waals surface area contributed by atoms with Gasteiger partial charge in [0.05, 0.1) is 18.1 Å². The molecule has 0 aliphatic carbocycles. The van der Waals surface area contributed by atoms with E-state index in [2.05, 4.69) is 44.5 Å². The number of nitrogens with one attached hydrogen (secondary N) is 1. The molecule has 0 amide bonds. The van der Waals surface area contributed by atoms with Crippen molar-refractivity contribution in [2.75, 3.05) is 25.5 Å².